The summed E-state index contributed by atoms with van der Waals surface area (Å²) in [6.07, 6.45) is 1.63. The van der Waals surface area contributed by atoms with Crippen molar-refractivity contribution < 1.29 is 4.79 Å². The number of anilines is 2. The Kier molecular flexibility index (Phi) is 5.46. The first-order chi connectivity index (χ1) is 12.1. The van der Waals surface area contributed by atoms with Crippen molar-refractivity contribution in [1.82, 2.24) is 4.98 Å². The average Bonchev–Trinajstić information content (AvgIpc) is 2.64. The average molecular weight is 396 g/mol. The van der Waals surface area contributed by atoms with Crippen LogP contribution >= 0.6 is 15.9 Å². The number of carbonyl (C=O) groups is 1. The van der Waals surface area contributed by atoms with Gasteiger partial charge in [0.05, 0.1) is 0 Å². The zero-order valence-electron chi connectivity index (χ0n) is 13.8. The van der Waals surface area contributed by atoms with E-state index < -0.39 is 0 Å². The summed E-state index contributed by atoms with van der Waals surface area (Å²) in [5, 5.41) is 6.15. The Morgan fingerprint density at radius 1 is 1.08 bits per heavy atom. The molecule has 5 heteroatoms. The number of rotatable bonds is 5. The van der Waals surface area contributed by atoms with Gasteiger partial charge in [0.2, 0.25) is 0 Å². The van der Waals surface area contributed by atoms with Crippen LogP contribution in [0.2, 0.25) is 0 Å². The van der Waals surface area contributed by atoms with Gasteiger partial charge in [-0.3, -0.25) is 4.79 Å². The third kappa shape index (κ3) is 4.67. The highest BCUT2D eigenvalue weighted by Gasteiger charge is 2.08. The molecule has 126 valence electrons. The number of amides is 1. The molecule has 0 radical (unpaired) electrons. The molecule has 0 unspecified atom stereocenters. The van der Waals surface area contributed by atoms with E-state index in [1.54, 1.807) is 18.3 Å². The third-order valence-corrected chi connectivity index (χ3v) is 4.64. The fourth-order valence-electron chi connectivity index (χ4n) is 2.38. The third-order valence-electron chi connectivity index (χ3n) is 3.75. The summed E-state index contributed by atoms with van der Waals surface area (Å²) in [4.78, 5) is 16.7. The summed E-state index contributed by atoms with van der Waals surface area (Å²) < 4.78 is 1.02. The monoisotopic (exact) mass is 395 g/mol. The molecule has 0 saturated heterocycles. The second kappa shape index (κ2) is 7.94. The Balaban J connectivity index is 1.67. The first-order valence-electron chi connectivity index (χ1n) is 7.93. The highest BCUT2D eigenvalue weighted by atomic mass is 79.9. The lowest BCUT2D eigenvalue weighted by molar-refractivity contribution is 0.102. The molecule has 1 amide bonds. The standard InChI is InChI=1S/C20H18BrN3O/c1-14-11-17(7-8-18(14)21)24-20(25)16-9-10-22-19(12-16)23-13-15-5-3-2-4-6-15/h2-12H,13H2,1H3,(H,22,23)(H,24,25). The minimum absolute atomic E-state index is 0.160. The topological polar surface area (TPSA) is 54.0 Å². The molecule has 0 atom stereocenters. The van der Waals surface area contributed by atoms with Gasteiger partial charge in [0.15, 0.2) is 0 Å². The normalized spacial score (nSPS) is 10.3. The molecule has 1 heterocycles. The van der Waals surface area contributed by atoms with Crippen molar-refractivity contribution >= 4 is 33.3 Å². The molecule has 3 aromatic rings. The molecule has 0 aliphatic heterocycles. The lowest BCUT2D eigenvalue weighted by Gasteiger charge is -2.09. The maximum absolute atomic E-state index is 12.5. The fraction of sp³-hybridized carbons (Fsp3) is 0.100. The number of hydrogen-bond donors (Lipinski definition) is 2. The van der Waals surface area contributed by atoms with Crippen molar-refractivity contribution in [2.24, 2.45) is 0 Å². The first-order valence-corrected chi connectivity index (χ1v) is 8.72. The van der Waals surface area contributed by atoms with E-state index in [2.05, 4.69) is 31.5 Å². The molecule has 0 spiro atoms. The number of nitrogens with zero attached hydrogens (tertiary/aromatic N) is 1. The summed E-state index contributed by atoms with van der Waals surface area (Å²) in [7, 11) is 0. The summed E-state index contributed by atoms with van der Waals surface area (Å²) in [6, 6.07) is 19.2. The van der Waals surface area contributed by atoms with E-state index in [0.717, 1.165) is 21.3 Å². The Bertz CT molecular complexity index is 881. The zero-order chi connectivity index (χ0) is 17.6. The predicted molar refractivity (Wildman–Crippen MR) is 105 cm³/mol. The Morgan fingerprint density at radius 3 is 2.64 bits per heavy atom. The van der Waals surface area contributed by atoms with Crippen molar-refractivity contribution in [3.05, 3.63) is 88.0 Å². The van der Waals surface area contributed by atoms with Crippen LogP contribution in [0.5, 0.6) is 0 Å². The molecule has 0 aliphatic rings. The van der Waals surface area contributed by atoms with Crippen molar-refractivity contribution in [3.8, 4) is 0 Å². The molecule has 0 fully saturated rings. The predicted octanol–water partition coefficient (Wildman–Crippen LogP) is 5.02. The van der Waals surface area contributed by atoms with Gasteiger partial charge in [-0.1, -0.05) is 46.3 Å². The molecule has 3 rings (SSSR count). The number of halogens is 1. The maximum Gasteiger partial charge on any atom is 0.255 e. The Hall–Kier alpha value is -2.66. The molecule has 0 saturated carbocycles. The van der Waals surface area contributed by atoms with Crippen LogP contribution in [-0.4, -0.2) is 10.9 Å². The van der Waals surface area contributed by atoms with Gasteiger partial charge in [0.25, 0.3) is 5.91 Å². The molecule has 1 aromatic heterocycles. The van der Waals surface area contributed by atoms with Gasteiger partial charge in [-0.25, -0.2) is 4.98 Å². The highest BCUT2D eigenvalue weighted by Crippen LogP contribution is 2.20. The minimum atomic E-state index is -0.160. The zero-order valence-corrected chi connectivity index (χ0v) is 15.4. The van der Waals surface area contributed by atoms with E-state index in [4.69, 9.17) is 0 Å². The molecule has 2 N–H and O–H groups in total. The quantitative estimate of drug-likeness (QED) is 0.637. The van der Waals surface area contributed by atoms with Crippen LogP contribution in [0.15, 0.2) is 71.3 Å². The van der Waals surface area contributed by atoms with Crippen molar-refractivity contribution in [1.29, 1.82) is 0 Å². The SMILES string of the molecule is Cc1cc(NC(=O)c2ccnc(NCc3ccccc3)c2)ccc1Br. The minimum Gasteiger partial charge on any atom is -0.366 e. The second-order valence-electron chi connectivity index (χ2n) is 5.69. The van der Waals surface area contributed by atoms with Gasteiger partial charge in [-0.05, 0) is 48.4 Å². The number of benzene rings is 2. The van der Waals surface area contributed by atoms with Crippen LogP contribution < -0.4 is 10.6 Å². The summed E-state index contributed by atoms with van der Waals surface area (Å²) in [5.41, 5.74) is 3.55. The fourth-order valence-corrected chi connectivity index (χ4v) is 2.63. The van der Waals surface area contributed by atoms with E-state index in [9.17, 15) is 4.79 Å². The molecule has 2 aromatic carbocycles. The van der Waals surface area contributed by atoms with Gasteiger partial charge in [0, 0.05) is 28.5 Å². The van der Waals surface area contributed by atoms with Crippen molar-refractivity contribution in [2.75, 3.05) is 10.6 Å². The number of aryl methyl sites for hydroxylation is 1. The van der Waals surface area contributed by atoms with Gasteiger partial charge in [-0.15, -0.1) is 0 Å². The van der Waals surface area contributed by atoms with Crippen LogP contribution in [0, 0.1) is 6.92 Å². The Morgan fingerprint density at radius 2 is 1.88 bits per heavy atom. The smallest absolute Gasteiger partial charge is 0.255 e. The molecule has 0 aliphatic carbocycles. The number of nitrogens with one attached hydrogen (secondary N) is 2. The highest BCUT2D eigenvalue weighted by molar-refractivity contribution is 9.10. The van der Waals surface area contributed by atoms with Crippen molar-refractivity contribution in [3.63, 3.8) is 0 Å². The molecular weight excluding hydrogens is 378 g/mol. The van der Waals surface area contributed by atoms with Crippen molar-refractivity contribution in [2.45, 2.75) is 13.5 Å². The summed E-state index contributed by atoms with van der Waals surface area (Å²) >= 11 is 3.46. The number of aromatic nitrogens is 1. The summed E-state index contributed by atoms with van der Waals surface area (Å²) in [5.74, 6) is 0.510. The molecule has 4 nitrogen and oxygen atoms in total. The van der Waals surface area contributed by atoms with Gasteiger partial charge < -0.3 is 10.6 Å². The van der Waals surface area contributed by atoms with Gasteiger partial charge >= 0.3 is 0 Å². The lowest BCUT2D eigenvalue weighted by atomic mass is 10.2. The van der Waals surface area contributed by atoms with Crippen LogP contribution in [0.1, 0.15) is 21.5 Å². The molecule has 25 heavy (non-hydrogen) atoms. The lowest BCUT2D eigenvalue weighted by Crippen LogP contribution is -2.13. The van der Waals surface area contributed by atoms with E-state index >= 15 is 0 Å². The number of pyridine rings is 1. The molecule has 0 bridgehead atoms. The first kappa shape index (κ1) is 17.2. The number of carbonyl (C=O) groups excluding carboxylic acids is 1. The molecular formula is C20H18BrN3O. The number of hydrogen-bond acceptors (Lipinski definition) is 3. The van der Waals surface area contributed by atoms with Gasteiger partial charge in [0.1, 0.15) is 5.82 Å². The van der Waals surface area contributed by atoms with Gasteiger partial charge in [-0.2, -0.15) is 0 Å². The van der Waals surface area contributed by atoms with E-state index in [-0.39, 0.29) is 5.91 Å². The van der Waals surface area contributed by atoms with E-state index in [1.807, 2.05) is 55.5 Å². The maximum atomic E-state index is 12.5. The van der Waals surface area contributed by atoms with Crippen LogP contribution in [0.3, 0.4) is 0 Å². The largest absolute Gasteiger partial charge is 0.366 e. The summed E-state index contributed by atoms with van der Waals surface area (Å²) in [6.45, 7) is 2.64. The second-order valence-corrected chi connectivity index (χ2v) is 6.54. The van der Waals surface area contributed by atoms with E-state index in [0.29, 0.717) is 17.9 Å². The van der Waals surface area contributed by atoms with Crippen LogP contribution in [0.25, 0.3) is 0 Å². The van der Waals surface area contributed by atoms with E-state index in [1.165, 1.54) is 0 Å². The van der Waals surface area contributed by atoms with Crippen LogP contribution in [0.4, 0.5) is 11.5 Å². The van der Waals surface area contributed by atoms with Crippen LogP contribution in [-0.2, 0) is 6.54 Å². The Labute approximate surface area is 155 Å².